The van der Waals surface area contributed by atoms with E-state index in [-0.39, 0.29) is 17.9 Å². The minimum absolute atomic E-state index is 0.109. The molecule has 0 aromatic rings. The van der Waals surface area contributed by atoms with Crippen molar-refractivity contribution in [3.8, 4) is 0 Å². The minimum Gasteiger partial charge on any atom is -0.465 e. The number of esters is 2. The van der Waals surface area contributed by atoms with Crippen molar-refractivity contribution >= 4 is 11.9 Å². The van der Waals surface area contributed by atoms with Crippen LogP contribution in [0, 0.1) is 11.3 Å². The zero-order chi connectivity index (χ0) is 24.1. The number of ether oxygens (including phenoxy) is 2. The second-order valence-corrected chi connectivity index (χ2v) is 10.7. The quantitative estimate of drug-likeness (QED) is 0.129. The summed E-state index contributed by atoms with van der Waals surface area (Å²) in [6.45, 7) is 12.0. The second-order valence-electron chi connectivity index (χ2n) is 10.7. The highest BCUT2D eigenvalue weighted by Crippen LogP contribution is 2.23. The van der Waals surface area contributed by atoms with E-state index < -0.39 is 0 Å². The van der Waals surface area contributed by atoms with Gasteiger partial charge in [-0.1, -0.05) is 105 Å². The molecule has 0 atom stereocenters. The predicted molar refractivity (Wildman–Crippen MR) is 135 cm³/mol. The lowest BCUT2D eigenvalue weighted by atomic mass is 9.89. The molecule has 0 N–H and O–H groups in total. The van der Waals surface area contributed by atoms with Crippen LogP contribution in [-0.2, 0) is 19.1 Å². The van der Waals surface area contributed by atoms with Crippen molar-refractivity contribution in [3.05, 3.63) is 0 Å². The van der Waals surface area contributed by atoms with Crippen LogP contribution >= 0.6 is 0 Å². The monoisotopic (exact) mass is 454 g/mol. The average molecular weight is 455 g/mol. The summed E-state index contributed by atoms with van der Waals surface area (Å²) >= 11 is 0. The number of unbranched alkanes of at least 4 members (excludes halogenated alkanes) is 10. The van der Waals surface area contributed by atoms with Crippen LogP contribution in [0.2, 0.25) is 0 Å². The average Bonchev–Trinajstić information content (AvgIpc) is 2.73. The summed E-state index contributed by atoms with van der Waals surface area (Å²) in [4.78, 5) is 24.2. The first-order valence-corrected chi connectivity index (χ1v) is 13.6. The fraction of sp³-hybridized carbons (Fsp3) is 0.929. The molecule has 190 valence electrons. The fourth-order valence-corrected chi connectivity index (χ4v) is 3.79. The Balaban J connectivity index is 4.25. The summed E-state index contributed by atoms with van der Waals surface area (Å²) in [5.41, 5.74) is 0.374. The summed E-state index contributed by atoms with van der Waals surface area (Å²) in [6, 6.07) is 0. The normalized spacial score (nSPS) is 11.7. The number of rotatable bonds is 21. The molecule has 4 heteroatoms. The van der Waals surface area contributed by atoms with Crippen LogP contribution in [0.25, 0.3) is 0 Å². The third-order valence-corrected chi connectivity index (χ3v) is 5.97. The Kier molecular flexibility index (Phi) is 19.9. The largest absolute Gasteiger partial charge is 0.465 e. The molecular formula is C28H54O4. The van der Waals surface area contributed by atoms with E-state index >= 15 is 0 Å². The third kappa shape index (κ3) is 22.1. The van der Waals surface area contributed by atoms with Crippen molar-refractivity contribution in [3.63, 3.8) is 0 Å². The molecule has 0 spiro atoms. The molecule has 0 radical (unpaired) electrons. The Morgan fingerprint density at radius 2 is 1.06 bits per heavy atom. The van der Waals surface area contributed by atoms with Gasteiger partial charge in [-0.05, 0) is 31.1 Å². The van der Waals surface area contributed by atoms with Gasteiger partial charge in [0, 0.05) is 18.8 Å². The predicted octanol–water partition coefficient (Wildman–Crippen LogP) is 8.41. The fourth-order valence-electron chi connectivity index (χ4n) is 3.79. The van der Waals surface area contributed by atoms with Gasteiger partial charge < -0.3 is 9.47 Å². The van der Waals surface area contributed by atoms with Gasteiger partial charge in [-0.2, -0.15) is 0 Å². The molecule has 0 fully saturated rings. The van der Waals surface area contributed by atoms with Gasteiger partial charge in [-0.3, -0.25) is 9.59 Å². The van der Waals surface area contributed by atoms with E-state index in [2.05, 4.69) is 34.6 Å². The van der Waals surface area contributed by atoms with Gasteiger partial charge in [0.1, 0.15) is 0 Å². The van der Waals surface area contributed by atoms with Crippen LogP contribution in [-0.4, -0.2) is 25.2 Å². The molecule has 0 aliphatic carbocycles. The zero-order valence-corrected chi connectivity index (χ0v) is 22.1. The summed E-state index contributed by atoms with van der Waals surface area (Å²) in [5.74, 6) is -0.110. The smallest absolute Gasteiger partial charge is 0.305 e. The van der Waals surface area contributed by atoms with Gasteiger partial charge in [-0.25, -0.2) is 0 Å². The number of carbonyl (C=O) groups is 2. The van der Waals surface area contributed by atoms with Crippen molar-refractivity contribution in [2.45, 2.75) is 144 Å². The summed E-state index contributed by atoms with van der Waals surface area (Å²) in [6.07, 6.45) is 17.9. The van der Waals surface area contributed by atoms with Crippen molar-refractivity contribution < 1.29 is 19.1 Å². The van der Waals surface area contributed by atoms with Gasteiger partial charge in [-0.15, -0.1) is 0 Å². The Morgan fingerprint density at radius 3 is 1.50 bits per heavy atom. The summed E-state index contributed by atoms with van der Waals surface area (Å²) in [7, 11) is 0. The van der Waals surface area contributed by atoms with Gasteiger partial charge in [0.05, 0.1) is 13.2 Å². The lowest BCUT2D eigenvalue weighted by Gasteiger charge is -2.19. The Labute approximate surface area is 199 Å². The zero-order valence-electron chi connectivity index (χ0n) is 22.1. The molecule has 0 aliphatic heterocycles. The van der Waals surface area contributed by atoms with Gasteiger partial charge in [0.2, 0.25) is 0 Å². The van der Waals surface area contributed by atoms with Crippen molar-refractivity contribution in [1.82, 2.24) is 0 Å². The van der Waals surface area contributed by atoms with E-state index in [1.54, 1.807) is 0 Å². The Bertz CT molecular complexity index is 423. The first-order valence-electron chi connectivity index (χ1n) is 13.6. The van der Waals surface area contributed by atoms with Crippen LogP contribution in [0.15, 0.2) is 0 Å². The highest BCUT2D eigenvalue weighted by atomic mass is 16.5. The van der Waals surface area contributed by atoms with Crippen LogP contribution in [0.3, 0.4) is 0 Å². The second kappa shape index (κ2) is 20.5. The first kappa shape index (κ1) is 30.9. The molecule has 32 heavy (non-hydrogen) atoms. The van der Waals surface area contributed by atoms with Crippen LogP contribution in [0.1, 0.15) is 144 Å². The van der Waals surface area contributed by atoms with Crippen molar-refractivity contribution in [1.29, 1.82) is 0 Å². The molecular weight excluding hydrogens is 400 g/mol. The molecule has 0 saturated heterocycles. The molecule has 0 unspecified atom stereocenters. The van der Waals surface area contributed by atoms with Crippen LogP contribution in [0.5, 0.6) is 0 Å². The Hall–Kier alpha value is -1.06. The molecule has 0 heterocycles. The van der Waals surface area contributed by atoms with E-state index in [1.165, 1.54) is 57.8 Å². The molecule has 0 rings (SSSR count). The number of hydrogen-bond donors (Lipinski definition) is 0. The van der Waals surface area contributed by atoms with E-state index in [9.17, 15) is 9.59 Å². The molecule has 0 amide bonds. The highest BCUT2D eigenvalue weighted by molar-refractivity contribution is 5.69. The topological polar surface area (TPSA) is 52.6 Å². The molecule has 0 aromatic carbocycles. The van der Waals surface area contributed by atoms with Gasteiger partial charge in [0.15, 0.2) is 0 Å². The van der Waals surface area contributed by atoms with Gasteiger partial charge in [0.25, 0.3) is 0 Å². The molecule has 0 saturated carbocycles. The van der Waals surface area contributed by atoms with E-state index in [0.29, 0.717) is 31.5 Å². The molecule has 4 nitrogen and oxygen atoms in total. The Morgan fingerprint density at radius 1 is 0.625 bits per heavy atom. The lowest BCUT2D eigenvalue weighted by molar-refractivity contribution is -0.149. The van der Waals surface area contributed by atoms with E-state index in [1.807, 2.05) is 0 Å². The van der Waals surface area contributed by atoms with Crippen molar-refractivity contribution in [2.24, 2.45) is 11.3 Å². The molecule has 0 bridgehead atoms. The standard InChI is InChI=1S/C28H54O4/c1-6-8-10-12-16-20-26(29)31-23-25(19-15-14-18-22-28(3,4)5)24-32-27(30)21-17-13-11-9-7-2/h25H,6-24H2,1-5H3. The van der Waals surface area contributed by atoms with Gasteiger partial charge >= 0.3 is 11.9 Å². The first-order chi connectivity index (χ1) is 15.3. The number of carbonyl (C=O) groups excluding carboxylic acids is 2. The highest BCUT2D eigenvalue weighted by Gasteiger charge is 2.16. The maximum atomic E-state index is 12.1. The maximum absolute atomic E-state index is 12.1. The maximum Gasteiger partial charge on any atom is 0.305 e. The SMILES string of the molecule is CCCCCCCC(=O)OCC(CCCCCC(C)(C)C)COC(=O)CCCCCCC. The third-order valence-electron chi connectivity index (χ3n) is 5.97. The van der Waals surface area contributed by atoms with Crippen LogP contribution < -0.4 is 0 Å². The molecule has 0 aliphatic rings. The number of hydrogen-bond acceptors (Lipinski definition) is 4. The minimum atomic E-state index is -0.110. The van der Waals surface area contributed by atoms with E-state index in [0.717, 1.165) is 38.5 Å². The van der Waals surface area contributed by atoms with Crippen molar-refractivity contribution in [2.75, 3.05) is 13.2 Å². The lowest BCUT2D eigenvalue weighted by Crippen LogP contribution is -2.21. The summed E-state index contributed by atoms with van der Waals surface area (Å²) in [5, 5.41) is 0. The molecule has 0 aromatic heterocycles. The van der Waals surface area contributed by atoms with E-state index in [4.69, 9.17) is 9.47 Å². The summed E-state index contributed by atoms with van der Waals surface area (Å²) < 4.78 is 11.1. The van der Waals surface area contributed by atoms with Crippen LogP contribution in [0.4, 0.5) is 0 Å².